The maximum absolute atomic E-state index is 12.4. The molecule has 0 spiro atoms. The van der Waals surface area contributed by atoms with Gasteiger partial charge < -0.3 is 0 Å². The van der Waals surface area contributed by atoms with Gasteiger partial charge in [0, 0.05) is 17.5 Å². The average molecular weight is 278 g/mol. The van der Waals surface area contributed by atoms with E-state index >= 15 is 0 Å². The summed E-state index contributed by atoms with van der Waals surface area (Å²) >= 11 is 0. The van der Waals surface area contributed by atoms with E-state index in [1.54, 1.807) is 0 Å². The number of carbonyl (C=O) groups is 1. The predicted octanol–water partition coefficient (Wildman–Crippen LogP) is 3.79. The fourth-order valence-corrected chi connectivity index (χ4v) is 2.56. The van der Waals surface area contributed by atoms with Gasteiger partial charge in [0.1, 0.15) is 0 Å². The van der Waals surface area contributed by atoms with Crippen LogP contribution in [0.3, 0.4) is 0 Å². The fraction of sp³-hybridized carbons (Fsp3) is 0.222. The summed E-state index contributed by atoms with van der Waals surface area (Å²) in [5, 5.41) is 5.66. The lowest BCUT2D eigenvalue weighted by Crippen LogP contribution is -2.05. The number of Topliss-reactive ketones (excluding diaryl/α,β-unsaturated/α-hetero) is 1. The van der Waals surface area contributed by atoms with Gasteiger partial charge in [-0.2, -0.15) is 5.10 Å². The first-order valence-electron chi connectivity index (χ1n) is 7.23. The monoisotopic (exact) mass is 278 g/mol. The number of ketones is 1. The SMILES string of the molecule is CCn1nc(CC(=O)c2ccc(C)cc2)c2ccccc21. The summed E-state index contributed by atoms with van der Waals surface area (Å²) in [5.41, 5.74) is 3.85. The number of aryl methyl sites for hydroxylation is 2. The second kappa shape index (κ2) is 5.52. The summed E-state index contributed by atoms with van der Waals surface area (Å²) < 4.78 is 1.95. The molecule has 2 aromatic carbocycles. The molecule has 0 aliphatic carbocycles. The smallest absolute Gasteiger partial charge is 0.168 e. The van der Waals surface area contributed by atoms with Crippen LogP contribution in [0.25, 0.3) is 10.9 Å². The average Bonchev–Trinajstić information content (AvgIpc) is 2.86. The molecule has 0 aliphatic heterocycles. The summed E-state index contributed by atoms with van der Waals surface area (Å²) in [4.78, 5) is 12.4. The van der Waals surface area contributed by atoms with Crippen LogP contribution in [0.5, 0.6) is 0 Å². The minimum atomic E-state index is 0.113. The molecule has 1 aromatic heterocycles. The van der Waals surface area contributed by atoms with E-state index in [1.165, 1.54) is 0 Å². The van der Waals surface area contributed by atoms with Crippen molar-refractivity contribution >= 4 is 16.7 Å². The van der Waals surface area contributed by atoms with Gasteiger partial charge in [0.15, 0.2) is 5.78 Å². The molecule has 0 N–H and O–H groups in total. The largest absolute Gasteiger partial charge is 0.294 e. The Morgan fingerprint density at radius 2 is 1.81 bits per heavy atom. The third-order valence-corrected chi connectivity index (χ3v) is 3.74. The summed E-state index contributed by atoms with van der Waals surface area (Å²) in [6.45, 7) is 4.88. The molecule has 3 heteroatoms. The van der Waals surface area contributed by atoms with Gasteiger partial charge in [-0.3, -0.25) is 9.48 Å². The lowest BCUT2D eigenvalue weighted by atomic mass is 10.0. The van der Waals surface area contributed by atoms with Gasteiger partial charge in [-0.25, -0.2) is 0 Å². The fourth-order valence-electron chi connectivity index (χ4n) is 2.56. The molecule has 3 nitrogen and oxygen atoms in total. The van der Waals surface area contributed by atoms with E-state index in [2.05, 4.69) is 12.0 Å². The van der Waals surface area contributed by atoms with Crippen LogP contribution in [0.2, 0.25) is 0 Å². The molecular weight excluding hydrogens is 260 g/mol. The Kier molecular flexibility index (Phi) is 3.57. The predicted molar refractivity (Wildman–Crippen MR) is 84.6 cm³/mol. The molecule has 1 heterocycles. The molecule has 0 aliphatic rings. The van der Waals surface area contributed by atoms with Crippen molar-refractivity contribution in [3.63, 3.8) is 0 Å². The zero-order valence-electron chi connectivity index (χ0n) is 12.3. The van der Waals surface area contributed by atoms with Crippen LogP contribution >= 0.6 is 0 Å². The van der Waals surface area contributed by atoms with Gasteiger partial charge in [0.2, 0.25) is 0 Å². The number of hydrogen-bond donors (Lipinski definition) is 0. The second-order valence-electron chi connectivity index (χ2n) is 5.25. The highest BCUT2D eigenvalue weighted by atomic mass is 16.1. The molecule has 0 saturated heterocycles. The molecule has 0 unspecified atom stereocenters. The van der Waals surface area contributed by atoms with E-state index in [1.807, 2.05) is 60.1 Å². The molecule has 0 amide bonds. The highest BCUT2D eigenvalue weighted by Gasteiger charge is 2.14. The maximum atomic E-state index is 12.4. The van der Waals surface area contributed by atoms with E-state index in [-0.39, 0.29) is 5.78 Å². The van der Waals surface area contributed by atoms with E-state index in [9.17, 15) is 4.79 Å². The van der Waals surface area contributed by atoms with Crippen molar-refractivity contribution in [3.05, 3.63) is 65.4 Å². The molecule has 3 aromatic rings. The van der Waals surface area contributed by atoms with E-state index in [0.717, 1.165) is 34.3 Å². The first kappa shape index (κ1) is 13.6. The number of rotatable bonds is 4. The van der Waals surface area contributed by atoms with E-state index in [4.69, 9.17) is 0 Å². The number of nitrogens with zero attached hydrogens (tertiary/aromatic N) is 2. The number of para-hydroxylation sites is 1. The van der Waals surface area contributed by atoms with Crippen LogP contribution in [0.1, 0.15) is 28.5 Å². The van der Waals surface area contributed by atoms with Gasteiger partial charge in [-0.15, -0.1) is 0 Å². The third-order valence-electron chi connectivity index (χ3n) is 3.74. The van der Waals surface area contributed by atoms with Crippen LogP contribution in [-0.4, -0.2) is 15.6 Å². The summed E-state index contributed by atoms with van der Waals surface area (Å²) in [6, 6.07) is 15.8. The maximum Gasteiger partial charge on any atom is 0.168 e. The number of benzene rings is 2. The summed E-state index contributed by atoms with van der Waals surface area (Å²) in [6.07, 6.45) is 0.344. The molecule has 0 radical (unpaired) electrons. The van der Waals surface area contributed by atoms with Crippen molar-refractivity contribution in [2.24, 2.45) is 0 Å². The highest BCUT2D eigenvalue weighted by Crippen LogP contribution is 2.20. The first-order valence-corrected chi connectivity index (χ1v) is 7.23. The zero-order valence-corrected chi connectivity index (χ0v) is 12.3. The van der Waals surface area contributed by atoms with Crippen LogP contribution < -0.4 is 0 Å². The van der Waals surface area contributed by atoms with Crippen molar-refractivity contribution in [1.82, 2.24) is 9.78 Å². The Morgan fingerprint density at radius 3 is 2.52 bits per heavy atom. The van der Waals surface area contributed by atoms with Crippen LogP contribution in [0.15, 0.2) is 48.5 Å². The van der Waals surface area contributed by atoms with Crippen LogP contribution in [0, 0.1) is 6.92 Å². The normalized spacial score (nSPS) is 11.0. The molecule has 0 atom stereocenters. The molecule has 21 heavy (non-hydrogen) atoms. The Morgan fingerprint density at radius 1 is 1.10 bits per heavy atom. The van der Waals surface area contributed by atoms with Crippen molar-refractivity contribution in [2.45, 2.75) is 26.8 Å². The second-order valence-corrected chi connectivity index (χ2v) is 5.25. The molecule has 0 saturated carbocycles. The van der Waals surface area contributed by atoms with Crippen molar-refractivity contribution in [1.29, 1.82) is 0 Å². The Labute approximate surface area is 124 Å². The lowest BCUT2D eigenvalue weighted by molar-refractivity contribution is 0.0992. The van der Waals surface area contributed by atoms with Gasteiger partial charge in [-0.1, -0.05) is 48.0 Å². The minimum absolute atomic E-state index is 0.113. The lowest BCUT2D eigenvalue weighted by Gasteiger charge is -2.00. The molecule has 106 valence electrons. The number of hydrogen-bond acceptors (Lipinski definition) is 2. The minimum Gasteiger partial charge on any atom is -0.294 e. The quantitative estimate of drug-likeness (QED) is 0.680. The summed E-state index contributed by atoms with van der Waals surface area (Å²) in [7, 11) is 0. The Balaban J connectivity index is 1.94. The van der Waals surface area contributed by atoms with E-state index in [0.29, 0.717) is 6.42 Å². The summed E-state index contributed by atoms with van der Waals surface area (Å²) in [5.74, 6) is 0.113. The molecular formula is C18H18N2O. The Bertz CT molecular complexity index is 785. The standard InChI is InChI=1S/C18H18N2O/c1-3-20-17-7-5-4-6-15(17)16(19-20)12-18(21)14-10-8-13(2)9-11-14/h4-11H,3,12H2,1-2H3. The van der Waals surface area contributed by atoms with Crippen molar-refractivity contribution in [2.75, 3.05) is 0 Å². The molecule has 3 rings (SSSR count). The van der Waals surface area contributed by atoms with Crippen molar-refractivity contribution < 1.29 is 4.79 Å². The molecule has 0 bridgehead atoms. The van der Waals surface area contributed by atoms with Gasteiger partial charge in [-0.05, 0) is 19.9 Å². The first-order chi connectivity index (χ1) is 10.2. The van der Waals surface area contributed by atoms with Crippen LogP contribution in [0.4, 0.5) is 0 Å². The highest BCUT2D eigenvalue weighted by molar-refractivity contribution is 5.99. The number of aromatic nitrogens is 2. The van der Waals surface area contributed by atoms with Gasteiger partial charge >= 0.3 is 0 Å². The number of carbonyl (C=O) groups excluding carboxylic acids is 1. The van der Waals surface area contributed by atoms with Crippen molar-refractivity contribution in [3.8, 4) is 0 Å². The van der Waals surface area contributed by atoms with Crippen LogP contribution in [-0.2, 0) is 13.0 Å². The third kappa shape index (κ3) is 2.59. The Hall–Kier alpha value is -2.42. The topological polar surface area (TPSA) is 34.9 Å². The molecule has 0 fully saturated rings. The van der Waals surface area contributed by atoms with Gasteiger partial charge in [0.05, 0.1) is 17.6 Å². The van der Waals surface area contributed by atoms with Gasteiger partial charge in [0.25, 0.3) is 0 Å². The zero-order chi connectivity index (χ0) is 14.8. The van der Waals surface area contributed by atoms with E-state index < -0.39 is 0 Å². The number of fused-ring (bicyclic) bond motifs is 1.